The van der Waals surface area contributed by atoms with Gasteiger partial charge in [0.1, 0.15) is 11.1 Å². The molecule has 5 heteroatoms. The van der Waals surface area contributed by atoms with E-state index in [4.69, 9.17) is 20.8 Å². The van der Waals surface area contributed by atoms with Crippen molar-refractivity contribution in [1.29, 1.82) is 0 Å². The Morgan fingerprint density at radius 3 is 2.71 bits per heavy atom. The number of benzene rings is 1. The summed E-state index contributed by atoms with van der Waals surface area (Å²) in [5, 5.41) is 7.55. The van der Waals surface area contributed by atoms with E-state index in [9.17, 15) is 0 Å². The molecule has 2 rings (SSSR count). The Labute approximate surface area is 105 Å². The molecule has 0 radical (unpaired) electrons. The van der Waals surface area contributed by atoms with Crippen molar-refractivity contribution in [2.24, 2.45) is 0 Å². The summed E-state index contributed by atoms with van der Waals surface area (Å²) >= 11 is 5.87. The highest BCUT2D eigenvalue weighted by molar-refractivity contribution is 6.20. The number of hydrogen-bond acceptors (Lipinski definition) is 4. The van der Waals surface area contributed by atoms with Crippen molar-refractivity contribution in [1.82, 2.24) is 10.2 Å². The van der Waals surface area contributed by atoms with Gasteiger partial charge in [-0.25, -0.2) is 0 Å². The van der Waals surface area contributed by atoms with E-state index in [1.165, 1.54) is 0 Å². The molecule has 0 aliphatic rings. The highest BCUT2D eigenvalue weighted by Gasteiger charge is 2.13. The topological polar surface area (TPSA) is 48.2 Å². The zero-order chi connectivity index (χ0) is 12.4. The molecule has 0 saturated carbocycles. The van der Waals surface area contributed by atoms with E-state index >= 15 is 0 Å². The average molecular weight is 253 g/mol. The smallest absolute Gasteiger partial charge is 0.247 e. The van der Waals surface area contributed by atoms with Crippen LogP contribution in [0.2, 0.25) is 0 Å². The Balaban J connectivity index is 2.38. The summed E-state index contributed by atoms with van der Waals surface area (Å²) in [6.07, 6.45) is 0. The minimum atomic E-state index is -0.288. The summed E-state index contributed by atoms with van der Waals surface area (Å²) in [5.74, 6) is 1.66. The van der Waals surface area contributed by atoms with Crippen molar-refractivity contribution in [3.05, 3.63) is 29.7 Å². The van der Waals surface area contributed by atoms with E-state index in [0.717, 1.165) is 16.9 Å². The van der Waals surface area contributed by atoms with Crippen LogP contribution >= 0.6 is 11.6 Å². The molecule has 0 saturated heterocycles. The quantitative estimate of drug-likeness (QED) is 0.786. The van der Waals surface area contributed by atoms with Crippen molar-refractivity contribution < 1.29 is 9.15 Å². The van der Waals surface area contributed by atoms with Gasteiger partial charge in [-0.1, -0.05) is 6.07 Å². The lowest BCUT2D eigenvalue weighted by molar-refractivity contribution is 0.411. The molecule has 0 spiro atoms. The lowest BCUT2D eigenvalue weighted by Gasteiger charge is -2.04. The summed E-state index contributed by atoms with van der Waals surface area (Å²) in [4.78, 5) is 0. The van der Waals surface area contributed by atoms with Crippen molar-refractivity contribution in [3.63, 3.8) is 0 Å². The minimum Gasteiger partial charge on any atom is -0.496 e. The number of ether oxygens (including phenoxy) is 1. The molecular formula is C12H13ClN2O2. The summed E-state index contributed by atoms with van der Waals surface area (Å²) in [6.45, 7) is 3.76. The van der Waals surface area contributed by atoms with Gasteiger partial charge in [-0.05, 0) is 31.5 Å². The molecule has 90 valence electrons. The number of aryl methyl sites for hydroxylation is 1. The van der Waals surface area contributed by atoms with Crippen LogP contribution in [0.15, 0.2) is 22.6 Å². The highest BCUT2D eigenvalue weighted by Crippen LogP contribution is 2.27. The maximum Gasteiger partial charge on any atom is 0.247 e. The second-order valence-electron chi connectivity index (χ2n) is 3.75. The van der Waals surface area contributed by atoms with Gasteiger partial charge in [0.15, 0.2) is 0 Å². The molecule has 1 heterocycles. The molecule has 0 aliphatic heterocycles. The Bertz CT molecular complexity index is 523. The first-order valence-corrected chi connectivity index (χ1v) is 5.68. The van der Waals surface area contributed by atoms with Crippen LogP contribution in [0.4, 0.5) is 0 Å². The van der Waals surface area contributed by atoms with Crippen LogP contribution in [0, 0.1) is 6.92 Å². The fourth-order valence-electron chi connectivity index (χ4n) is 1.47. The molecule has 0 amide bonds. The number of methoxy groups -OCH3 is 1. The molecule has 2 aromatic rings. The van der Waals surface area contributed by atoms with Crippen LogP contribution in [0.5, 0.6) is 5.75 Å². The molecule has 1 aromatic carbocycles. The molecule has 4 nitrogen and oxygen atoms in total. The van der Waals surface area contributed by atoms with Gasteiger partial charge in [0, 0.05) is 5.56 Å². The number of hydrogen-bond donors (Lipinski definition) is 0. The normalized spacial score (nSPS) is 12.5. The van der Waals surface area contributed by atoms with E-state index in [0.29, 0.717) is 11.8 Å². The molecule has 0 bridgehead atoms. The molecule has 0 N–H and O–H groups in total. The van der Waals surface area contributed by atoms with Crippen LogP contribution < -0.4 is 4.74 Å². The number of halogens is 1. The van der Waals surface area contributed by atoms with Gasteiger partial charge < -0.3 is 9.15 Å². The Kier molecular flexibility index (Phi) is 3.33. The second-order valence-corrected chi connectivity index (χ2v) is 4.40. The molecule has 1 unspecified atom stereocenters. The minimum absolute atomic E-state index is 0.288. The van der Waals surface area contributed by atoms with Gasteiger partial charge in [0.25, 0.3) is 0 Å². The van der Waals surface area contributed by atoms with Gasteiger partial charge in [0.05, 0.1) is 7.11 Å². The molecule has 17 heavy (non-hydrogen) atoms. The van der Waals surface area contributed by atoms with Crippen LogP contribution in [0.3, 0.4) is 0 Å². The van der Waals surface area contributed by atoms with Gasteiger partial charge in [-0.15, -0.1) is 21.8 Å². The standard InChI is InChI=1S/C12H13ClN2O2/c1-7-4-5-9(6-10(7)16-3)12-15-14-11(17-12)8(2)13/h4-6,8H,1-3H3. The predicted octanol–water partition coefficient (Wildman–Crippen LogP) is 3.35. The van der Waals surface area contributed by atoms with E-state index in [1.807, 2.05) is 25.1 Å². The van der Waals surface area contributed by atoms with Crippen molar-refractivity contribution in [2.45, 2.75) is 19.2 Å². The van der Waals surface area contributed by atoms with Crippen LogP contribution in [0.25, 0.3) is 11.5 Å². The first-order valence-electron chi connectivity index (χ1n) is 5.24. The van der Waals surface area contributed by atoms with E-state index in [1.54, 1.807) is 14.0 Å². The third-order valence-corrected chi connectivity index (χ3v) is 2.62. The van der Waals surface area contributed by atoms with E-state index in [2.05, 4.69) is 10.2 Å². The van der Waals surface area contributed by atoms with Crippen molar-refractivity contribution >= 4 is 11.6 Å². The molecule has 0 aliphatic carbocycles. The lowest BCUT2D eigenvalue weighted by atomic mass is 10.1. The second kappa shape index (κ2) is 4.75. The Morgan fingerprint density at radius 2 is 2.12 bits per heavy atom. The Hall–Kier alpha value is -1.55. The predicted molar refractivity (Wildman–Crippen MR) is 65.3 cm³/mol. The van der Waals surface area contributed by atoms with Crippen LogP contribution in [0.1, 0.15) is 23.8 Å². The van der Waals surface area contributed by atoms with E-state index < -0.39 is 0 Å². The van der Waals surface area contributed by atoms with Gasteiger partial charge in [-0.2, -0.15) is 0 Å². The molecular weight excluding hydrogens is 240 g/mol. The van der Waals surface area contributed by atoms with Crippen LogP contribution in [-0.4, -0.2) is 17.3 Å². The molecule has 0 fully saturated rings. The average Bonchev–Trinajstić information content (AvgIpc) is 2.79. The fourth-order valence-corrected chi connectivity index (χ4v) is 1.55. The first kappa shape index (κ1) is 11.9. The SMILES string of the molecule is COc1cc(-c2nnc(C(C)Cl)o2)ccc1C. The maximum absolute atomic E-state index is 5.87. The largest absolute Gasteiger partial charge is 0.496 e. The molecule has 1 atom stereocenters. The van der Waals surface area contributed by atoms with Crippen molar-refractivity contribution in [3.8, 4) is 17.2 Å². The summed E-state index contributed by atoms with van der Waals surface area (Å²) < 4.78 is 10.7. The summed E-state index contributed by atoms with van der Waals surface area (Å²) in [6, 6.07) is 5.72. The summed E-state index contributed by atoms with van der Waals surface area (Å²) in [5.41, 5.74) is 1.88. The first-order chi connectivity index (χ1) is 8.11. The third-order valence-electron chi connectivity index (χ3n) is 2.44. The van der Waals surface area contributed by atoms with E-state index in [-0.39, 0.29) is 5.38 Å². The van der Waals surface area contributed by atoms with Crippen molar-refractivity contribution in [2.75, 3.05) is 7.11 Å². The lowest BCUT2D eigenvalue weighted by Crippen LogP contribution is -1.88. The zero-order valence-electron chi connectivity index (χ0n) is 9.90. The Morgan fingerprint density at radius 1 is 1.35 bits per heavy atom. The number of rotatable bonds is 3. The monoisotopic (exact) mass is 252 g/mol. The zero-order valence-corrected chi connectivity index (χ0v) is 10.7. The van der Waals surface area contributed by atoms with Crippen LogP contribution in [-0.2, 0) is 0 Å². The van der Waals surface area contributed by atoms with Gasteiger partial charge >= 0.3 is 0 Å². The maximum atomic E-state index is 5.87. The fraction of sp³-hybridized carbons (Fsp3) is 0.333. The number of aromatic nitrogens is 2. The number of alkyl halides is 1. The third kappa shape index (κ3) is 2.42. The number of nitrogens with zero attached hydrogens (tertiary/aromatic N) is 2. The van der Waals surface area contributed by atoms with Gasteiger partial charge in [-0.3, -0.25) is 0 Å². The highest BCUT2D eigenvalue weighted by atomic mass is 35.5. The summed E-state index contributed by atoms with van der Waals surface area (Å²) in [7, 11) is 1.63. The van der Waals surface area contributed by atoms with Gasteiger partial charge in [0.2, 0.25) is 11.8 Å². The molecule has 1 aromatic heterocycles.